The van der Waals surface area contributed by atoms with Crippen LogP contribution in [0, 0.1) is 12.8 Å². The fourth-order valence-corrected chi connectivity index (χ4v) is 5.04. The molecule has 1 heterocycles. The lowest BCUT2D eigenvalue weighted by atomic mass is 10.0. The van der Waals surface area contributed by atoms with Gasteiger partial charge in [-0.05, 0) is 49.2 Å². The van der Waals surface area contributed by atoms with E-state index in [9.17, 15) is 13.2 Å². The molecule has 2 aromatic carbocycles. The number of amides is 1. The molecule has 0 radical (unpaired) electrons. The molecule has 0 spiro atoms. The SMILES string of the molecule is Cc1ccccc1Oc1ccc(S(=O)(=O)C2CCOCC2C(=O)N(O)O)cc1. The summed E-state index contributed by atoms with van der Waals surface area (Å²) in [6.45, 7) is 1.87. The predicted molar refractivity (Wildman–Crippen MR) is 98.0 cm³/mol. The van der Waals surface area contributed by atoms with Crippen molar-refractivity contribution >= 4 is 15.7 Å². The number of benzene rings is 2. The molecule has 1 saturated heterocycles. The number of para-hydroxylation sites is 1. The molecule has 9 heteroatoms. The molecule has 0 aromatic heterocycles. The molecule has 1 amide bonds. The number of aryl methyl sites for hydroxylation is 1. The van der Waals surface area contributed by atoms with Crippen LogP contribution in [-0.4, -0.2) is 48.4 Å². The largest absolute Gasteiger partial charge is 0.457 e. The number of hydroxylamine groups is 2. The van der Waals surface area contributed by atoms with Gasteiger partial charge in [0, 0.05) is 6.61 Å². The minimum absolute atomic E-state index is 0.0248. The lowest BCUT2D eigenvalue weighted by Crippen LogP contribution is -2.46. The highest BCUT2D eigenvalue weighted by molar-refractivity contribution is 7.92. The number of carbonyl (C=O) groups excluding carboxylic acids is 1. The van der Waals surface area contributed by atoms with Crippen molar-refractivity contribution in [3.63, 3.8) is 0 Å². The molecule has 28 heavy (non-hydrogen) atoms. The van der Waals surface area contributed by atoms with Crippen LogP contribution >= 0.6 is 0 Å². The lowest BCUT2D eigenvalue weighted by Gasteiger charge is -2.30. The maximum Gasteiger partial charge on any atom is 0.279 e. The van der Waals surface area contributed by atoms with Crippen LogP contribution in [-0.2, 0) is 19.4 Å². The topological polar surface area (TPSA) is 113 Å². The standard InChI is InChI=1S/C19H21NO7S/c1-13-4-2-3-5-17(13)27-14-6-8-15(9-7-14)28(24,25)18-10-11-26-12-16(18)19(21)20(22)23/h2-9,16,18,22-23H,10-12H2,1H3. The molecule has 2 aromatic rings. The third kappa shape index (κ3) is 4.17. The van der Waals surface area contributed by atoms with Gasteiger partial charge in [-0.15, -0.1) is 0 Å². The molecule has 2 atom stereocenters. The summed E-state index contributed by atoms with van der Waals surface area (Å²) < 4.78 is 37.0. The first-order valence-electron chi connectivity index (χ1n) is 8.67. The maximum absolute atomic E-state index is 13.0. The Labute approximate surface area is 162 Å². The number of nitrogens with zero attached hydrogens (tertiary/aromatic N) is 1. The lowest BCUT2D eigenvalue weighted by molar-refractivity contribution is -0.289. The van der Waals surface area contributed by atoms with Crippen molar-refractivity contribution in [2.45, 2.75) is 23.5 Å². The van der Waals surface area contributed by atoms with Crippen LogP contribution in [0.25, 0.3) is 0 Å². The Morgan fingerprint density at radius 1 is 1.14 bits per heavy atom. The highest BCUT2D eigenvalue weighted by Gasteiger charge is 2.42. The average Bonchev–Trinajstić information content (AvgIpc) is 2.69. The Hall–Kier alpha value is -2.46. The molecule has 0 bridgehead atoms. The van der Waals surface area contributed by atoms with E-state index in [2.05, 4.69) is 0 Å². The molecule has 8 nitrogen and oxygen atoms in total. The van der Waals surface area contributed by atoms with Crippen molar-refractivity contribution in [3.05, 3.63) is 54.1 Å². The monoisotopic (exact) mass is 407 g/mol. The van der Waals surface area contributed by atoms with E-state index in [0.717, 1.165) is 5.56 Å². The first-order valence-corrected chi connectivity index (χ1v) is 10.2. The zero-order chi connectivity index (χ0) is 20.3. The van der Waals surface area contributed by atoms with E-state index in [0.29, 0.717) is 11.5 Å². The summed E-state index contributed by atoms with van der Waals surface area (Å²) in [7, 11) is -3.89. The zero-order valence-corrected chi connectivity index (χ0v) is 16.0. The number of carbonyl (C=O) groups is 1. The molecular formula is C19H21NO7S. The van der Waals surface area contributed by atoms with E-state index in [1.54, 1.807) is 12.1 Å². The van der Waals surface area contributed by atoms with E-state index in [1.807, 2.05) is 31.2 Å². The summed E-state index contributed by atoms with van der Waals surface area (Å²) in [4.78, 5) is 12.0. The highest BCUT2D eigenvalue weighted by atomic mass is 32.2. The molecule has 150 valence electrons. The minimum atomic E-state index is -3.89. The number of hydrogen-bond donors (Lipinski definition) is 2. The number of sulfone groups is 1. The number of ether oxygens (including phenoxy) is 2. The van der Waals surface area contributed by atoms with Crippen LogP contribution in [0.1, 0.15) is 12.0 Å². The van der Waals surface area contributed by atoms with Crippen molar-refractivity contribution in [1.82, 2.24) is 5.23 Å². The second kappa shape index (κ2) is 8.27. The summed E-state index contributed by atoms with van der Waals surface area (Å²) in [5.41, 5.74) is 0.945. The van der Waals surface area contributed by atoms with Gasteiger partial charge in [-0.2, -0.15) is 0 Å². The first kappa shape index (κ1) is 20.3. The van der Waals surface area contributed by atoms with Gasteiger partial charge in [0.2, 0.25) is 0 Å². The fourth-order valence-electron chi connectivity index (χ4n) is 3.14. The maximum atomic E-state index is 13.0. The van der Waals surface area contributed by atoms with E-state index in [-0.39, 0.29) is 24.5 Å². The van der Waals surface area contributed by atoms with Crippen LogP contribution in [0.3, 0.4) is 0 Å². The zero-order valence-electron chi connectivity index (χ0n) is 15.2. The number of rotatable bonds is 5. The second-order valence-electron chi connectivity index (χ2n) is 6.52. The van der Waals surface area contributed by atoms with E-state index in [4.69, 9.17) is 19.9 Å². The minimum Gasteiger partial charge on any atom is -0.457 e. The Kier molecular flexibility index (Phi) is 5.99. The van der Waals surface area contributed by atoms with Crippen LogP contribution < -0.4 is 4.74 Å². The average molecular weight is 407 g/mol. The summed E-state index contributed by atoms with van der Waals surface area (Å²) in [5, 5.41) is 16.3. The van der Waals surface area contributed by atoms with Crippen LogP contribution in [0.5, 0.6) is 11.5 Å². The Morgan fingerprint density at radius 3 is 2.46 bits per heavy atom. The van der Waals surface area contributed by atoms with Crippen LogP contribution in [0.4, 0.5) is 0 Å². The summed E-state index contributed by atoms with van der Waals surface area (Å²) in [6, 6.07) is 13.4. The third-order valence-corrected chi connectivity index (χ3v) is 6.97. The molecule has 1 aliphatic heterocycles. The smallest absolute Gasteiger partial charge is 0.279 e. The summed E-state index contributed by atoms with van der Waals surface area (Å²) >= 11 is 0. The van der Waals surface area contributed by atoms with Gasteiger partial charge < -0.3 is 9.47 Å². The van der Waals surface area contributed by atoms with Gasteiger partial charge in [-0.25, -0.2) is 8.42 Å². The molecule has 0 aliphatic carbocycles. The van der Waals surface area contributed by atoms with Crippen molar-refractivity contribution < 1.29 is 33.1 Å². The molecule has 1 aliphatic rings. The van der Waals surface area contributed by atoms with E-state index in [1.165, 1.54) is 12.1 Å². The van der Waals surface area contributed by atoms with Crippen molar-refractivity contribution in [3.8, 4) is 11.5 Å². The van der Waals surface area contributed by atoms with Crippen molar-refractivity contribution in [2.75, 3.05) is 13.2 Å². The highest BCUT2D eigenvalue weighted by Crippen LogP contribution is 2.31. The van der Waals surface area contributed by atoms with Gasteiger partial charge in [-0.1, -0.05) is 23.4 Å². The van der Waals surface area contributed by atoms with Crippen LogP contribution in [0.15, 0.2) is 53.4 Å². The molecule has 0 saturated carbocycles. The summed E-state index contributed by atoms with van der Waals surface area (Å²) in [5.74, 6) is -1.17. The Balaban J connectivity index is 1.83. The normalized spacial score (nSPS) is 19.8. The number of hydrogen-bond acceptors (Lipinski definition) is 7. The quantitative estimate of drug-likeness (QED) is 0.578. The summed E-state index contributed by atoms with van der Waals surface area (Å²) in [6.07, 6.45) is 0.0774. The Morgan fingerprint density at radius 2 is 1.82 bits per heavy atom. The molecule has 2 unspecified atom stereocenters. The van der Waals surface area contributed by atoms with E-state index >= 15 is 0 Å². The van der Waals surface area contributed by atoms with Crippen molar-refractivity contribution in [1.29, 1.82) is 0 Å². The van der Waals surface area contributed by atoms with Gasteiger partial charge in [0.15, 0.2) is 9.84 Å². The van der Waals surface area contributed by atoms with E-state index < -0.39 is 32.1 Å². The first-order chi connectivity index (χ1) is 13.3. The molecule has 2 N–H and O–H groups in total. The second-order valence-corrected chi connectivity index (χ2v) is 8.69. The van der Waals surface area contributed by atoms with Gasteiger partial charge >= 0.3 is 0 Å². The fraction of sp³-hybridized carbons (Fsp3) is 0.316. The van der Waals surface area contributed by atoms with Gasteiger partial charge in [0.1, 0.15) is 11.5 Å². The molecule has 3 rings (SSSR count). The van der Waals surface area contributed by atoms with Gasteiger partial charge in [-0.3, -0.25) is 15.2 Å². The van der Waals surface area contributed by atoms with Gasteiger partial charge in [0.25, 0.3) is 5.91 Å². The van der Waals surface area contributed by atoms with Crippen LogP contribution in [0.2, 0.25) is 0 Å². The van der Waals surface area contributed by atoms with Crippen molar-refractivity contribution in [2.24, 2.45) is 5.92 Å². The predicted octanol–water partition coefficient (Wildman–Crippen LogP) is 2.57. The van der Waals surface area contributed by atoms with Gasteiger partial charge in [0.05, 0.1) is 22.7 Å². The third-order valence-electron chi connectivity index (χ3n) is 4.68. The molecular weight excluding hydrogens is 386 g/mol. The molecule has 1 fully saturated rings. The Bertz CT molecular complexity index is 941.